The highest BCUT2D eigenvalue weighted by Crippen LogP contribution is 2.35. The van der Waals surface area contributed by atoms with Gasteiger partial charge in [0.25, 0.3) is 17.6 Å². The van der Waals surface area contributed by atoms with Crippen LogP contribution < -0.4 is 10.6 Å². The van der Waals surface area contributed by atoms with Crippen LogP contribution in [0.4, 0.5) is 4.39 Å². The molecule has 0 saturated heterocycles. The monoisotopic (exact) mass is 562 g/mol. The van der Waals surface area contributed by atoms with E-state index in [9.17, 15) is 22.4 Å². The lowest BCUT2D eigenvalue weighted by atomic mass is 10.1. The van der Waals surface area contributed by atoms with Crippen LogP contribution in [0, 0.1) is 12.7 Å². The summed E-state index contributed by atoms with van der Waals surface area (Å²) in [4.78, 5) is 34.5. The molecule has 0 bridgehead atoms. The summed E-state index contributed by atoms with van der Waals surface area (Å²) in [5.74, 6) is -1.68. The van der Waals surface area contributed by atoms with Crippen LogP contribution in [0.15, 0.2) is 53.7 Å². The lowest BCUT2D eigenvalue weighted by molar-refractivity contribution is 0.0933. The average Bonchev–Trinajstić information content (AvgIpc) is 3.68. The maximum absolute atomic E-state index is 13.6. The highest BCUT2D eigenvalue weighted by atomic mass is 32.2. The van der Waals surface area contributed by atoms with Crippen LogP contribution in [0.2, 0.25) is 0 Å². The van der Waals surface area contributed by atoms with Crippen molar-refractivity contribution in [2.24, 2.45) is 0 Å². The average molecular weight is 563 g/mol. The van der Waals surface area contributed by atoms with E-state index in [2.05, 4.69) is 46.3 Å². The highest BCUT2D eigenvalue weighted by molar-refractivity contribution is 7.91. The van der Waals surface area contributed by atoms with Gasteiger partial charge in [0.05, 0.1) is 16.7 Å². The quantitative estimate of drug-likeness (QED) is 0.268. The lowest BCUT2D eigenvalue weighted by Crippen LogP contribution is -2.32. The van der Waals surface area contributed by atoms with E-state index in [1.54, 1.807) is 31.2 Å². The zero-order valence-corrected chi connectivity index (χ0v) is 21.5. The third kappa shape index (κ3) is 4.53. The number of rotatable bonds is 6. The molecule has 1 aliphatic rings. The number of nitrogens with one attached hydrogen (secondary N) is 3. The fourth-order valence-corrected chi connectivity index (χ4v) is 6.21. The van der Waals surface area contributed by atoms with Gasteiger partial charge in [-0.05, 0) is 46.2 Å². The van der Waals surface area contributed by atoms with Gasteiger partial charge in [-0.2, -0.15) is 14.6 Å². The molecule has 16 heteroatoms. The zero-order valence-electron chi connectivity index (χ0n) is 20.7. The predicted molar refractivity (Wildman–Crippen MR) is 135 cm³/mol. The number of benzene rings is 2. The second-order valence-corrected chi connectivity index (χ2v) is 11.1. The second-order valence-electron chi connectivity index (χ2n) is 9.07. The van der Waals surface area contributed by atoms with Crippen molar-refractivity contribution in [2.45, 2.75) is 24.4 Å². The number of hydrogen-bond acceptors (Lipinski definition) is 10. The molecule has 5 aromatic rings. The zero-order chi connectivity index (χ0) is 28.0. The van der Waals surface area contributed by atoms with Crippen molar-refractivity contribution in [1.82, 2.24) is 50.8 Å². The minimum Gasteiger partial charge on any atom is -0.347 e. The molecule has 0 aliphatic carbocycles. The van der Waals surface area contributed by atoms with Gasteiger partial charge in [0.15, 0.2) is 15.7 Å². The SMILES string of the molecule is Cc1cc(CNC(=O)c2cc(C(=O)NC3CS(=O)(=O)c4cc(-c5nnn[nH]5)ccc43)n3ncnc3n2)ccc1F. The summed E-state index contributed by atoms with van der Waals surface area (Å²) in [6.45, 7) is 1.72. The van der Waals surface area contributed by atoms with Crippen LogP contribution >= 0.6 is 0 Å². The molecule has 3 aromatic heterocycles. The maximum atomic E-state index is 13.6. The van der Waals surface area contributed by atoms with Crippen LogP contribution in [0.25, 0.3) is 17.2 Å². The summed E-state index contributed by atoms with van der Waals surface area (Å²) in [5.41, 5.74) is 1.83. The number of sulfone groups is 1. The molecule has 14 nitrogen and oxygen atoms in total. The van der Waals surface area contributed by atoms with Crippen molar-refractivity contribution >= 4 is 27.4 Å². The summed E-state index contributed by atoms with van der Waals surface area (Å²) >= 11 is 0. The van der Waals surface area contributed by atoms with Crippen LogP contribution in [0.3, 0.4) is 0 Å². The Hall–Kier alpha value is -5.12. The second kappa shape index (κ2) is 9.57. The van der Waals surface area contributed by atoms with Crippen molar-refractivity contribution in [1.29, 1.82) is 0 Å². The van der Waals surface area contributed by atoms with Crippen molar-refractivity contribution in [2.75, 3.05) is 5.75 Å². The van der Waals surface area contributed by atoms with E-state index in [1.165, 1.54) is 24.5 Å². The molecule has 202 valence electrons. The van der Waals surface area contributed by atoms with Crippen LogP contribution in [-0.2, 0) is 16.4 Å². The summed E-state index contributed by atoms with van der Waals surface area (Å²) in [5, 5.41) is 22.8. The number of nitrogens with zero attached hydrogens (tertiary/aromatic N) is 7. The van der Waals surface area contributed by atoms with Crippen molar-refractivity contribution < 1.29 is 22.4 Å². The topological polar surface area (TPSA) is 190 Å². The molecule has 1 atom stereocenters. The lowest BCUT2D eigenvalue weighted by Gasteiger charge is -2.14. The Labute approximate surface area is 225 Å². The first-order chi connectivity index (χ1) is 19.2. The third-order valence-corrected chi connectivity index (χ3v) is 8.22. The molecular formula is C24H19FN10O4S. The standard InChI is InChI=1S/C24H19FN10O4S/c1-12-6-13(2-5-16(12)25)9-26-22(36)17-8-19(35-24(30-17)27-11-28-35)23(37)29-18-10-40(38,39)20-7-14(3-4-15(18)20)21-31-33-34-32-21/h2-8,11,18H,9-10H2,1H3,(H,26,36)(H,29,37)(H,31,32,33,34). The van der Waals surface area contributed by atoms with E-state index in [1.807, 2.05) is 0 Å². The molecule has 40 heavy (non-hydrogen) atoms. The number of aryl methyl sites for hydroxylation is 1. The predicted octanol–water partition coefficient (Wildman–Crippen LogP) is 0.940. The third-order valence-electron chi connectivity index (χ3n) is 6.43. The number of carbonyl (C=O) groups is 2. The Balaban J connectivity index is 1.25. The number of amides is 2. The van der Waals surface area contributed by atoms with E-state index in [0.29, 0.717) is 28.1 Å². The van der Waals surface area contributed by atoms with Crippen molar-refractivity contribution in [3.63, 3.8) is 0 Å². The van der Waals surface area contributed by atoms with Gasteiger partial charge in [-0.3, -0.25) is 9.59 Å². The summed E-state index contributed by atoms with van der Waals surface area (Å²) in [7, 11) is -3.72. The van der Waals surface area contributed by atoms with Gasteiger partial charge in [0.2, 0.25) is 0 Å². The van der Waals surface area contributed by atoms with Gasteiger partial charge < -0.3 is 10.6 Å². The number of hydrogen-bond donors (Lipinski definition) is 3. The Kier molecular flexibility index (Phi) is 6.02. The molecule has 0 radical (unpaired) electrons. The molecule has 6 rings (SSSR count). The molecule has 0 saturated carbocycles. The number of aromatic nitrogens is 8. The minimum absolute atomic E-state index is 0.000166. The number of tetrazole rings is 1. The minimum atomic E-state index is -3.72. The normalized spacial score (nSPS) is 15.6. The Morgan fingerprint density at radius 1 is 1.15 bits per heavy atom. The van der Waals surface area contributed by atoms with Gasteiger partial charge in [-0.25, -0.2) is 22.9 Å². The van der Waals surface area contributed by atoms with E-state index < -0.39 is 27.7 Å². The van der Waals surface area contributed by atoms with Crippen molar-refractivity contribution in [3.8, 4) is 11.4 Å². The van der Waals surface area contributed by atoms with E-state index in [0.717, 1.165) is 4.52 Å². The molecule has 1 unspecified atom stereocenters. The van der Waals surface area contributed by atoms with E-state index in [-0.39, 0.29) is 40.2 Å². The number of aromatic amines is 1. The molecule has 2 aromatic carbocycles. The summed E-state index contributed by atoms with van der Waals surface area (Å²) in [6, 6.07) is 9.55. The Bertz CT molecular complexity index is 1910. The van der Waals surface area contributed by atoms with Crippen LogP contribution in [0.5, 0.6) is 0 Å². The fraction of sp³-hybridized carbons (Fsp3) is 0.167. The summed E-state index contributed by atoms with van der Waals surface area (Å²) < 4.78 is 40.6. The molecular weight excluding hydrogens is 543 g/mol. The summed E-state index contributed by atoms with van der Waals surface area (Å²) in [6.07, 6.45) is 1.18. The first-order valence-corrected chi connectivity index (χ1v) is 13.5. The number of H-pyrrole nitrogens is 1. The number of halogens is 1. The van der Waals surface area contributed by atoms with E-state index in [4.69, 9.17) is 0 Å². The number of fused-ring (bicyclic) bond motifs is 2. The van der Waals surface area contributed by atoms with Gasteiger partial charge in [-0.1, -0.05) is 24.3 Å². The molecule has 1 aliphatic heterocycles. The first-order valence-electron chi connectivity index (χ1n) is 11.9. The van der Waals surface area contributed by atoms with E-state index >= 15 is 0 Å². The Morgan fingerprint density at radius 3 is 2.77 bits per heavy atom. The molecule has 0 spiro atoms. The highest BCUT2D eigenvalue weighted by Gasteiger charge is 2.36. The van der Waals surface area contributed by atoms with Gasteiger partial charge in [0, 0.05) is 18.2 Å². The van der Waals surface area contributed by atoms with Crippen LogP contribution in [0.1, 0.15) is 43.7 Å². The number of carbonyl (C=O) groups excluding carboxylic acids is 2. The molecule has 2 amide bonds. The van der Waals surface area contributed by atoms with Gasteiger partial charge >= 0.3 is 0 Å². The van der Waals surface area contributed by atoms with Gasteiger partial charge in [-0.15, -0.1) is 5.10 Å². The molecule has 4 heterocycles. The fourth-order valence-electron chi connectivity index (χ4n) is 4.45. The van der Waals surface area contributed by atoms with Crippen LogP contribution in [-0.4, -0.2) is 66.2 Å². The maximum Gasteiger partial charge on any atom is 0.270 e. The first kappa shape index (κ1) is 25.2. The molecule has 3 N–H and O–H groups in total. The van der Waals surface area contributed by atoms with Gasteiger partial charge in [0.1, 0.15) is 23.5 Å². The Morgan fingerprint density at radius 2 is 2.00 bits per heavy atom. The largest absolute Gasteiger partial charge is 0.347 e. The molecule has 0 fully saturated rings. The smallest absolute Gasteiger partial charge is 0.270 e. The van der Waals surface area contributed by atoms with Crippen molar-refractivity contribution in [3.05, 3.63) is 82.7 Å².